The van der Waals surface area contributed by atoms with Gasteiger partial charge < -0.3 is 19.4 Å². The Morgan fingerprint density at radius 3 is 2.67 bits per heavy atom. The van der Waals surface area contributed by atoms with Crippen LogP contribution in [-0.4, -0.2) is 74.3 Å². The second-order valence-electron chi connectivity index (χ2n) is 11.2. The average Bonchev–Trinajstić information content (AvgIpc) is 3.56. The lowest BCUT2D eigenvalue weighted by Gasteiger charge is -2.41. The molecule has 5 rings (SSSR count). The zero-order valence-electron chi connectivity index (χ0n) is 23.2. The van der Waals surface area contributed by atoms with E-state index in [-0.39, 0.29) is 24.2 Å². The van der Waals surface area contributed by atoms with Crippen molar-refractivity contribution in [1.82, 2.24) is 24.4 Å². The zero-order chi connectivity index (χ0) is 28.6. The van der Waals surface area contributed by atoms with E-state index < -0.39 is 17.2 Å². The Hall–Kier alpha value is -3.96. The van der Waals surface area contributed by atoms with Gasteiger partial charge in [0.15, 0.2) is 11.5 Å². The highest BCUT2D eigenvalue weighted by Crippen LogP contribution is 2.36. The van der Waals surface area contributed by atoms with Gasteiger partial charge in [-0.05, 0) is 70.4 Å². The van der Waals surface area contributed by atoms with E-state index in [4.69, 9.17) is 9.84 Å². The van der Waals surface area contributed by atoms with E-state index >= 15 is 0 Å². The number of halogens is 2. The minimum absolute atomic E-state index is 0.170. The summed E-state index contributed by atoms with van der Waals surface area (Å²) < 4.78 is 35.6. The molecule has 2 saturated heterocycles. The van der Waals surface area contributed by atoms with Gasteiger partial charge in [0.05, 0.1) is 18.3 Å². The molecule has 10 nitrogen and oxygen atoms in total. The first-order chi connectivity index (χ1) is 19.0. The molecule has 0 bridgehead atoms. The van der Waals surface area contributed by atoms with Gasteiger partial charge in [-0.25, -0.2) is 23.4 Å². The van der Waals surface area contributed by atoms with E-state index in [0.717, 1.165) is 18.6 Å². The van der Waals surface area contributed by atoms with Crippen LogP contribution in [0.4, 0.5) is 30.0 Å². The molecule has 4 heterocycles. The zero-order valence-corrected chi connectivity index (χ0v) is 23.2. The molecular weight excluding hydrogens is 520 g/mol. The first-order valence-electron chi connectivity index (χ1n) is 13.7. The number of benzene rings is 1. The Morgan fingerprint density at radius 1 is 1.12 bits per heavy atom. The topological polar surface area (TPSA) is 95.3 Å². The van der Waals surface area contributed by atoms with Crippen molar-refractivity contribution >= 4 is 29.4 Å². The van der Waals surface area contributed by atoms with Crippen LogP contribution < -0.4 is 10.2 Å². The summed E-state index contributed by atoms with van der Waals surface area (Å²) >= 11 is 0. The van der Waals surface area contributed by atoms with Crippen LogP contribution in [0, 0.1) is 11.6 Å². The number of ether oxygens (including phenoxy) is 1. The van der Waals surface area contributed by atoms with Crippen molar-refractivity contribution in [2.45, 2.75) is 64.6 Å². The number of hydrogen-bond acceptors (Lipinski definition) is 6. The fraction of sp³-hybridized carbons (Fsp3) is 0.500. The fourth-order valence-corrected chi connectivity index (χ4v) is 5.38. The van der Waals surface area contributed by atoms with Gasteiger partial charge in [-0.3, -0.25) is 5.32 Å². The van der Waals surface area contributed by atoms with Crippen molar-refractivity contribution in [3.63, 3.8) is 0 Å². The largest absolute Gasteiger partial charge is 0.444 e. The Morgan fingerprint density at radius 2 is 1.93 bits per heavy atom. The number of nitrogens with zero attached hydrogens (tertiary/aromatic N) is 6. The second-order valence-corrected chi connectivity index (χ2v) is 11.2. The molecule has 0 radical (unpaired) electrons. The number of fused-ring (bicyclic) bond motifs is 1. The molecule has 1 unspecified atom stereocenters. The van der Waals surface area contributed by atoms with E-state index in [2.05, 4.69) is 10.3 Å². The molecule has 2 fully saturated rings. The summed E-state index contributed by atoms with van der Waals surface area (Å²) in [5.74, 6) is 0.0250. The highest BCUT2D eigenvalue weighted by Gasteiger charge is 2.34. The molecule has 2 aromatic heterocycles. The van der Waals surface area contributed by atoms with E-state index in [1.807, 2.05) is 32.6 Å². The number of amides is 3. The number of imidazole rings is 1. The molecule has 1 N–H and O–H groups in total. The van der Waals surface area contributed by atoms with Crippen molar-refractivity contribution in [3.8, 4) is 0 Å². The Balaban J connectivity index is 1.31. The van der Waals surface area contributed by atoms with Crippen LogP contribution in [0.1, 0.15) is 58.6 Å². The van der Waals surface area contributed by atoms with Crippen LogP contribution in [0.5, 0.6) is 0 Å². The number of hydrogen-bond donors (Lipinski definition) is 1. The molecule has 40 heavy (non-hydrogen) atoms. The Kier molecular flexibility index (Phi) is 7.52. The molecule has 0 aliphatic carbocycles. The molecule has 214 valence electrons. The molecule has 3 amide bonds. The molecule has 0 saturated carbocycles. The van der Waals surface area contributed by atoms with Gasteiger partial charge in [0.1, 0.15) is 23.1 Å². The van der Waals surface area contributed by atoms with E-state index in [1.165, 1.54) is 12.3 Å². The minimum Gasteiger partial charge on any atom is -0.444 e. The van der Waals surface area contributed by atoms with Gasteiger partial charge >= 0.3 is 12.1 Å². The van der Waals surface area contributed by atoms with Crippen LogP contribution in [0.15, 0.2) is 36.5 Å². The molecule has 0 spiro atoms. The van der Waals surface area contributed by atoms with Gasteiger partial charge in [-0.1, -0.05) is 6.92 Å². The standard InChI is InChI=1S/C28H35F2N7O3/c1-5-19-17-34(13-14-35(19)27(39)40-28(2,3)4)26(38)32-25-16-31-23-10-11-24(33-37(23)25)36-12-6-7-22(36)20-15-18(29)8-9-21(20)30/h8-11,15-16,19,22H,5-7,12-14,17H2,1-4H3,(H,32,38)/t19?,22-/m1/s1. The maximum absolute atomic E-state index is 14.6. The van der Waals surface area contributed by atoms with Gasteiger partial charge in [0, 0.05) is 31.7 Å². The SMILES string of the molecule is CCC1CN(C(=O)Nc2cnc3ccc(N4CCC[C@@H]4c4cc(F)ccc4F)nn23)CCN1C(=O)OC(C)(C)C. The number of urea groups is 1. The number of anilines is 2. The van der Waals surface area contributed by atoms with Crippen molar-refractivity contribution in [2.75, 3.05) is 36.4 Å². The van der Waals surface area contributed by atoms with Gasteiger partial charge in [-0.2, -0.15) is 4.52 Å². The van der Waals surface area contributed by atoms with Crippen molar-refractivity contribution in [2.24, 2.45) is 0 Å². The number of aromatic nitrogens is 3. The van der Waals surface area contributed by atoms with Gasteiger partial charge in [0.2, 0.25) is 0 Å². The van der Waals surface area contributed by atoms with Crippen LogP contribution >= 0.6 is 0 Å². The van der Waals surface area contributed by atoms with Gasteiger partial charge in [-0.15, -0.1) is 5.10 Å². The lowest BCUT2D eigenvalue weighted by molar-refractivity contribution is 0.00278. The molecule has 2 atom stereocenters. The molecule has 12 heteroatoms. The van der Waals surface area contributed by atoms with Crippen LogP contribution in [0.25, 0.3) is 5.65 Å². The molecule has 2 aliphatic rings. The third-order valence-corrected chi connectivity index (χ3v) is 7.32. The van der Waals surface area contributed by atoms with Crippen LogP contribution in [0.3, 0.4) is 0 Å². The summed E-state index contributed by atoms with van der Waals surface area (Å²) in [6.07, 6.45) is 3.30. The van der Waals surface area contributed by atoms with Gasteiger partial charge in [0.25, 0.3) is 0 Å². The molecule has 3 aromatic rings. The minimum atomic E-state index is -0.598. The maximum atomic E-state index is 14.6. The van der Waals surface area contributed by atoms with E-state index in [9.17, 15) is 18.4 Å². The van der Waals surface area contributed by atoms with Crippen molar-refractivity contribution in [3.05, 3.63) is 53.7 Å². The number of carbonyl (C=O) groups is 2. The number of rotatable bonds is 4. The summed E-state index contributed by atoms with van der Waals surface area (Å²) in [5.41, 5.74) is 0.238. The average molecular weight is 556 g/mol. The fourth-order valence-electron chi connectivity index (χ4n) is 5.38. The predicted octanol–water partition coefficient (Wildman–Crippen LogP) is 5.21. The summed E-state index contributed by atoms with van der Waals surface area (Å²) in [4.78, 5) is 35.6. The maximum Gasteiger partial charge on any atom is 0.410 e. The summed E-state index contributed by atoms with van der Waals surface area (Å²) in [5, 5.41) is 7.61. The smallest absolute Gasteiger partial charge is 0.410 e. The first kappa shape index (κ1) is 27.6. The second kappa shape index (κ2) is 10.9. The van der Waals surface area contributed by atoms with E-state index in [1.54, 1.807) is 26.4 Å². The van der Waals surface area contributed by atoms with Crippen molar-refractivity contribution < 1.29 is 23.1 Å². The quantitative estimate of drug-likeness (QED) is 0.475. The first-order valence-corrected chi connectivity index (χ1v) is 13.7. The van der Waals surface area contributed by atoms with Crippen molar-refractivity contribution in [1.29, 1.82) is 0 Å². The third-order valence-electron chi connectivity index (χ3n) is 7.32. The summed E-state index contributed by atoms with van der Waals surface area (Å²) in [6.45, 7) is 9.18. The monoisotopic (exact) mass is 555 g/mol. The lowest BCUT2D eigenvalue weighted by Crippen LogP contribution is -2.57. The molecular formula is C28H35F2N7O3. The highest BCUT2D eigenvalue weighted by atomic mass is 19.1. The predicted molar refractivity (Wildman–Crippen MR) is 146 cm³/mol. The summed E-state index contributed by atoms with van der Waals surface area (Å²) in [7, 11) is 0. The number of carbonyl (C=O) groups excluding carboxylic acids is 2. The number of nitrogens with one attached hydrogen (secondary N) is 1. The third kappa shape index (κ3) is 5.66. The van der Waals surface area contributed by atoms with Crippen LogP contribution in [-0.2, 0) is 4.74 Å². The normalized spacial score (nSPS) is 19.8. The summed E-state index contributed by atoms with van der Waals surface area (Å²) in [6, 6.07) is 6.24. The molecule has 2 aliphatic heterocycles. The Labute approximate surface area is 231 Å². The van der Waals surface area contributed by atoms with Crippen LogP contribution in [0.2, 0.25) is 0 Å². The number of piperazine rings is 1. The Bertz CT molecular complexity index is 1410. The lowest BCUT2D eigenvalue weighted by atomic mass is 10.0. The molecule has 1 aromatic carbocycles. The highest BCUT2D eigenvalue weighted by molar-refractivity contribution is 5.89. The van der Waals surface area contributed by atoms with E-state index in [0.29, 0.717) is 61.9 Å².